The van der Waals surface area contributed by atoms with E-state index in [0.29, 0.717) is 19.5 Å². The zero-order chi connectivity index (χ0) is 24.9. The Morgan fingerprint density at radius 2 is 1.79 bits per heavy atom. The van der Waals surface area contributed by atoms with Crippen LogP contribution >= 0.6 is 0 Å². The highest BCUT2D eigenvalue weighted by atomic mass is 16.5. The topological polar surface area (TPSA) is 148 Å². The molecule has 0 saturated carbocycles. The third-order valence-electron chi connectivity index (χ3n) is 5.60. The van der Waals surface area contributed by atoms with Gasteiger partial charge in [0.2, 0.25) is 12.3 Å². The highest BCUT2D eigenvalue weighted by molar-refractivity contribution is 6.24. The number of carbonyl (C=O) groups is 5. The summed E-state index contributed by atoms with van der Waals surface area (Å²) < 4.78 is 5.57. The molecule has 1 aliphatic rings. The third kappa shape index (κ3) is 7.11. The molecule has 0 aliphatic carbocycles. The Balaban J connectivity index is 1.95. The van der Waals surface area contributed by atoms with Gasteiger partial charge < -0.3 is 15.8 Å². The molecule has 0 bridgehead atoms. The summed E-state index contributed by atoms with van der Waals surface area (Å²) in [6, 6.07) is 3.40. The summed E-state index contributed by atoms with van der Waals surface area (Å²) in [4.78, 5) is 62.0. The first-order valence-electron chi connectivity index (χ1n) is 11.8. The van der Waals surface area contributed by atoms with Gasteiger partial charge in [-0.2, -0.15) is 0 Å². The van der Waals surface area contributed by atoms with E-state index >= 15 is 0 Å². The van der Waals surface area contributed by atoms with Crippen molar-refractivity contribution >= 4 is 30.0 Å². The molecule has 0 radical (unpaired) electrons. The number of nitrogens with two attached hydrogens (primary N) is 1. The van der Waals surface area contributed by atoms with E-state index in [9.17, 15) is 24.0 Å². The molecule has 0 spiro atoms. The summed E-state index contributed by atoms with van der Waals surface area (Å²) in [6.45, 7) is 2.74. The molecule has 1 aromatic carbocycles. The second-order valence-electron chi connectivity index (χ2n) is 8.14. The van der Waals surface area contributed by atoms with Gasteiger partial charge in [-0.1, -0.05) is 45.1 Å². The largest absolute Gasteiger partial charge is 0.483 e. The summed E-state index contributed by atoms with van der Waals surface area (Å²) >= 11 is 0. The van der Waals surface area contributed by atoms with Crippen molar-refractivity contribution in [2.24, 2.45) is 5.73 Å². The van der Waals surface area contributed by atoms with E-state index in [1.54, 1.807) is 13.0 Å². The first kappa shape index (κ1) is 27.0. The standard InChI is InChI=1S/C24H34N4O6/c1-2-10-18(22(31)27-16-29)28-23(32)17-11-9-12-19(21(17)24(28)33)34-15-20(30)26-14-8-6-4-3-5-7-13-25/h9,11-12,16,18H,2-8,10,13-15,25H2,1H3,(H,26,30)(H,27,29,31). The number of nitrogens with zero attached hydrogens (tertiary/aromatic N) is 1. The van der Waals surface area contributed by atoms with Crippen LogP contribution in [0.25, 0.3) is 0 Å². The van der Waals surface area contributed by atoms with Crippen molar-refractivity contribution in [3.05, 3.63) is 29.3 Å². The first-order valence-corrected chi connectivity index (χ1v) is 11.8. The van der Waals surface area contributed by atoms with Crippen LogP contribution in [-0.4, -0.2) is 60.7 Å². The molecule has 1 aliphatic heterocycles. The Morgan fingerprint density at radius 1 is 1.09 bits per heavy atom. The lowest BCUT2D eigenvalue weighted by Crippen LogP contribution is -2.49. The average Bonchev–Trinajstić information content (AvgIpc) is 3.08. The van der Waals surface area contributed by atoms with Crippen LogP contribution in [0.2, 0.25) is 0 Å². The van der Waals surface area contributed by atoms with Crippen LogP contribution < -0.4 is 21.1 Å². The molecule has 0 aromatic heterocycles. The SMILES string of the molecule is CCCC(C(=O)NC=O)N1C(=O)c2cccc(OCC(=O)NCCCCCCCCN)c2C1=O. The fraction of sp³-hybridized carbons (Fsp3) is 0.542. The lowest BCUT2D eigenvalue weighted by Gasteiger charge is -2.24. The van der Waals surface area contributed by atoms with Gasteiger partial charge in [0.25, 0.3) is 17.7 Å². The van der Waals surface area contributed by atoms with Crippen molar-refractivity contribution in [1.82, 2.24) is 15.5 Å². The smallest absolute Gasteiger partial charge is 0.266 e. The summed E-state index contributed by atoms with van der Waals surface area (Å²) in [5.74, 6) is -2.29. The lowest BCUT2D eigenvalue weighted by atomic mass is 10.1. The molecule has 1 atom stereocenters. The molecule has 0 fully saturated rings. The van der Waals surface area contributed by atoms with Crippen LogP contribution in [0, 0.1) is 0 Å². The van der Waals surface area contributed by atoms with Gasteiger partial charge >= 0.3 is 0 Å². The lowest BCUT2D eigenvalue weighted by molar-refractivity contribution is -0.128. The highest BCUT2D eigenvalue weighted by Gasteiger charge is 2.44. The predicted molar refractivity (Wildman–Crippen MR) is 125 cm³/mol. The molecule has 2 rings (SSSR count). The van der Waals surface area contributed by atoms with E-state index in [1.165, 1.54) is 12.1 Å². The molecule has 4 N–H and O–H groups in total. The minimum atomic E-state index is -1.12. The zero-order valence-electron chi connectivity index (χ0n) is 19.6. The Hall–Kier alpha value is -3.27. The van der Waals surface area contributed by atoms with Crippen LogP contribution in [0.4, 0.5) is 0 Å². The number of hydrogen-bond donors (Lipinski definition) is 3. The van der Waals surface area contributed by atoms with E-state index in [-0.39, 0.29) is 42.2 Å². The Labute approximate surface area is 199 Å². The fourth-order valence-corrected chi connectivity index (χ4v) is 3.88. The van der Waals surface area contributed by atoms with Crippen LogP contribution in [0.5, 0.6) is 5.75 Å². The Bertz CT molecular complexity index is 888. The summed E-state index contributed by atoms with van der Waals surface area (Å²) in [6.07, 6.45) is 7.20. The van der Waals surface area contributed by atoms with E-state index < -0.39 is 23.8 Å². The van der Waals surface area contributed by atoms with Crippen LogP contribution in [0.15, 0.2) is 18.2 Å². The minimum Gasteiger partial charge on any atom is -0.483 e. The van der Waals surface area contributed by atoms with Gasteiger partial charge in [-0.15, -0.1) is 0 Å². The van der Waals surface area contributed by atoms with Crippen molar-refractivity contribution in [2.45, 2.75) is 64.3 Å². The van der Waals surface area contributed by atoms with Crippen molar-refractivity contribution < 1.29 is 28.7 Å². The quantitative estimate of drug-likeness (QED) is 0.187. The van der Waals surface area contributed by atoms with Crippen LogP contribution in [-0.2, 0) is 14.4 Å². The second-order valence-corrected chi connectivity index (χ2v) is 8.14. The van der Waals surface area contributed by atoms with Gasteiger partial charge in [0.05, 0.1) is 11.1 Å². The Morgan fingerprint density at radius 3 is 2.47 bits per heavy atom. The number of hydrogen-bond acceptors (Lipinski definition) is 7. The van der Waals surface area contributed by atoms with Crippen molar-refractivity contribution in [2.75, 3.05) is 19.7 Å². The van der Waals surface area contributed by atoms with Crippen molar-refractivity contribution in [3.63, 3.8) is 0 Å². The van der Waals surface area contributed by atoms with Crippen LogP contribution in [0.1, 0.15) is 79.0 Å². The number of imide groups is 2. The Kier molecular flexibility index (Phi) is 11.2. The highest BCUT2D eigenvalue weighted by Crippen LogP contribution is 2.33. The number of ether oxygens (including phenoxy) is 1. The molecule has 10 heteroatoms. The number of fused-ring (bicyclic) bond motifs is 1. The summed E-state index contributed by atoms with van der Waals surface area (Å²) in [7, 11) is 0. The molecule has 10 nitrogen and oxygen atoms in total. The average molecular weight is 475 g/mol. The monoisotopic (exact) mass is 474 g/mol. The van der Waals surface area contributed by atoms with Crippen molar-refractivity contribution in [1.29, 1.82) is 0 Å². The van der Waals surface area contributed by atoms with Crippen molar-refractivity contribution in [3.8, 4) is 5.75 Å². The summed E-state index contributed by atoms with van der Waals surface area (Å²) in [5.41, 5.74) is 5.58. The maximum atomic E-state index is 13.1. The number of nitrogens with one attached hydrogen (secondary N) is 2. The van der Waals surface area contributed by atoms with Gasteiger partial charge in [0, 0.05) is 6.54 Å². The molecule has 5 amide bonds. The van der Waals surface area contributed by atoms with Gasteiger partial charge in [0.15, 0.2) is 6.61 Å². The number of benzene rings is 1. The second kappa shape index (κ2) is 14.1. The molecular formula is C24H34N4O6. The molecule has 186 valence electrons. The minimum absolute atomic E-state index is 0.0118. The number of rotatable bonds is 16. The van der Waals surface area contributed by atoms with E-state index in [2.05, 4.69) is 5.32 Å². The van der Waals surface area contributed by atoms with Gasteiger partial charge in [0.1, 0.15) is 11.8 Å². The molecule has 1 aromatic rings. The van der Waals surface area contributed by atoms with Gasteiger partial charge in [-0.3, -0.25) is 34.2 Å². The molecule has 1 heterocycles. The normalized spacial score (nSPS) is 13.4. The number of unbranched alkanes of at least 4 members (excludes halogenated alkanes) is 5. The maximum Gasteiger partial charge on any atom is 0.266 e. The molecule has 1 unspecified atom stereocenters. The van der Waals surface area contributed by atoms with E-state index in [4.69, 9.17) is 10.5 Å². The van der Waals surface area contributed by atoms with E-state index in [0.717, 1.165) is 43.4 Å². The predicted octanol–water partition coefficient (Wildman–Crippen LogP) is 1.52. The van der Waals surface area contributed by atoms with Gasteiger partial charge in [-0.25, -0.2) is 0 Å². The third-order valence-corrected chi connectivity index (χ3v) is 5.60. The zero-order valence-corrected chi connectivity index (χ0v) is 19.6. The fourth-order valence-electron chi connectivity index (χ4n) is 3.88. The molecule has 0 saturated heterocycles. The van der Waals surface area contributed by atoms with Crippen LogP contribution in [0.3, 0.4) is 0 Å². The van der Waals surface area contributed by atoms with Gasteiger partial charge in [-0.05, 0) is 37.9 Å². The molecular weight excluding hydrogens is 440 g/mol. The first-order chi connectivity index (χ1) is 16.5. The number of carbonyl (C=O) groups excluding carboxylic acids is 5. The maximum absolute atomic E-state index is 13.1. The summed E-state index contributed by atoms with van der Waals surface area (Å²) in [5, 5.41) is 4.80. The number of amides is 5. The molecule has 34 heavy (non-hydrogen) atoms. The van der Waals surface area contributed by atoms with E-state index in [1.807, 2.05) is 5.32 Å².